The predicted molar refractivity (Wildman–Crippen MR) is 41.9 cm³/mol. The molecule has 0 aromatic rings. The summed E-state index contributed by atoms with van der Waals surface area (Å²) in [4.78, 5) is 9.92. The fourth-order valence-electron chi connectivity index (χ4n) is 0.970. The molecule has 0 bridgehead atoms. The lowest BCUT2D eigenvalue weighted by atomic mass is 10.1. The molecule has 0 amide bonds. The number of hydrogen-bond donors (Lipinski definition) is 2. The molecule has 2 unspecified atom stereocenters. The molecule has 5 nitrogen and oxygen atoms in total. The molecule has 0 aliphatic carbocycles. The van der Waals surface area contributed by atoms with Crippen LogP contribution in [0.3, 0.4) is 0 Å². The topological polar surface area (TPSA) is 75.4 Å². The lowest BCUT2D eigenvalue weighted by Crippen LogP contribution is -2.37. The number of nitrogens with one attached hydrogen (secondary N) is 1. The molecule has 1 aliphatic rings. The third-order valence-corrected chi connectivity index (χ3v) is 2.44. The second-order valence-electron chi connectivity index (χ2n) is 2.41. The zero-order chi connectivity index (χ0) is 8.27. The zero-order valence-electron chi connectivity index (χ0n) is 5.90. The fraction of sp³-hybridized carbons (Fsp3) is 1.00. The Morgan fingerprint density at radius 2 is 2.45 bits per heavy atom. The van der Waals surface area contributed by atoms with Crippen LogP contribution in [0.1, 0.15) is 6.42 Å². The van der Waals surface area contributed by atoms with Gasteiger partial charge in [0.15, 0.2) is 0 Å². The van der Waals surface area contributed by atoms with Crippen molar-refractivity contribution in [1.82, 2.24) is 4.72 Å². The van der Waals surface area contributed by atoms with Gasteiger partial charge < -0.3 is 5.11 Å². The van der Waals surface area contributed by atoms with E-state index in [1.54, 1.807) is 0 Å². The Balaban J connectivity index is 2.52. The van der Waals surface area contributed by atoms with Crippen molar-refractivity contribution in [3.05, 3.63) is 10.1 Å². The van der Waals surface area contributed by atoms with Gasteiger partial charge >= 0.3 is 0 Å². The van der Waals surface area contributed by atoms with Gasteiger partial charge in [0.2, 0.25) is 6.04 Å². The van der Waals surface area contributed by atoms with Gasteiger partial charge in [-0.1, -0.05) is 11.9 Å². The lowest BCUT2D eigenvalue weighted by molar-refractivity contribution is -0.533. The summed E-state index contributed by atoms with van der Waals surface area (Å²) in [5.74, 6) is 0.683. The summed E-state index contributed by atoms with van der Waals surface area (Å²) in [6, 6.07) is -0.794. The van der Waals surface area contributed by atoms with Gasteiger partial charge in [0.1, 0.15) is 6.10 Å². The molecule has 0 radical (unpaired) electrons. The lowest BCUT2D eigenvalue weighted by Gasteiger charge is -2.10. The maximum absolute atomic E-state index is 10.3. The molecular formula is C5H10N2O3S. The standard InChI is InChI=1S/C5H10N2O3S/c8-5-3-6-11-2-1-4(5)7(9)10/h4-6,8H,1-3H2. The number of rotatable bonds is 1. The Morgan fingerprint density at radius 3 is 3.09 bits per heavy atom. The van der Waals surface area contributed by atoms with Crippen LogP contribution in [0.25, 0.3) is 0 Å². The molecule has 1 rings (SSSR count). The molecule has 0 aromatic heterocycles. The Morgan fingerprint density at radius 1 is 1.73 bits per heavy atom. The van der Waals surface area contributed by atoms with Crippen molar-refractivity contribution in [2.75, 3.05) is 12.3 Å². The minimum atomic E-state index is -0.847. The molecule has 0 aromatic carbocycles. The average Bonchev–Trinajstić information content (AvgIpc) is 2.13. The predicted octanol–water partition coefficient (Wildman–Crippen LogP) is -0.366. The van der Waals surface area contributed by atoms with Crippen LogP contribution in [0.5, 0.6) is 0 Å². The number of hydrogen-bond acceptors (Lipinski definition) is 5. The SMILES string of the molecule is O=[N+]([O-])C1CCSNCC1O. The summed E-state index contributed by atoms with van der Waals surface area (Å²) >= 11 is 1.43. The monoisotopic (exact) mass is 178 g/mol. The van der Waals surface area contributed by atoms with Gasteiger partial charge in [-0.25, -0.2) is 0 Å². The Bertz CT molecular complexity index is 155. The van der Waals surface area contributed by atoms with Crippen LogP contribution in [-0.2, 0) is 0 Å². The van der Waals surface area contributed by atoms with E-state index in [-0.39, 0.29) is 0 Å². The molecule has 1 saturated heterocycles. The second kappa shape index (κ2) is 3.89. The van der Waals surface area contributed by atoms with Gasteiger partial charge in [-0.2, -0.15) is 0 Å². The Kier molecular flexibility index (Phi) is 3.10. The van der Waals surface area contributed by atoms with Gasteiger partial charge in [0.05, 0.1) is 0 Å². The first-order chi connectivity index (χ1) is 5.22. The van der Waals surface area contributed by atoms with Gasteiger partial charge in [-0.15, -0.1) is 0 Å². The van der Waals surface area contributed by atoms with E-state index >= 15 is 0 Å². The van der Waals surface area contributed by atoms with Crippen LogP contribution in [0, 0.1) is 10.1 Å². The van der Waals surface area contributed by atoms with Crippen LogP contribution < -0.4 is 4.72 Å². The van der Waals surface area contributed by atoms with E-state index in [9.17, 15) is 15.2 Å². The van der Waals surface area contributed by atoms with E-state index in [1.165, 1.54) is 11.9 Å². The number of aliphatic hydroxyl groups is 1. The molecule has 0 saturated carbocycles. The molecule has 6 heteroatoms. The Hall–Kier alpha value is -0.330. The van der Waals surface area contributed by atoms with Crippen molar-refractivity contribution in [2.45, 2.75) is 18.6 Å². The molecule has 0 spiro atoms. The number of nitrogens with zero attached hydrogens (tertiary/aromatic N) is 1. The van der Waals surface area contributed by atoms with Crippen LogP contribution in [-0.4, -0.2) is 34.5 Å². The third kappa shape index (κ3) is 2.32. The molecule has 2 atom stereocenters. The average molecular weight is 178 g/mol. The molecule has 1 fully saturated rings. The number of β-amino-alcohol motifs (C(OH)–C–C–N with tert-alkyl or cyclic N) is 1. The molecule has 1 aliphatic heterocycles. The highest BCUT2D eigenvalue weighted by Crippen LogP contribution is 2.12. The van der Waals surface area contributed by atoms with E-state index in [2.05, 4.69) is 4.72 Å². The first kappa shape index (κ1) is 8.76. The van der Waals surface area contributed by atoms with Crippen molar-refractivity contribution in [1.29, 1.82) is 0 Å². The summed E-state index contributed by atoms with van der Waals surface area (Å²) in [6.07, 6.45) is -0.411. The van der Waals surface area contributed by atoms with Crippen molar-refractivity contribution in [3.63, 3.8) is 0 Å². The largest absolute Gasteiger partial charge is 0.385 e. The van der Waals surface area contributed by atoms with Crippen LogP contribution in [0.2, 0.25) is 0 Å². The normalized spacial score (nSPS) is 32.8. The van der Waals surface area contributed by atoms with E-state index in [4.69, 9.17) is 0 Å². The minimum absolute atomic E-state index is 0.302. The van der Waals surface area contributed by atoms with E-state index in [1.807, 2.05) is 0 Å². The minimum Gasteiger partial charge on any atom is -0.385 e. The van der Waals surface area contributed by atoms with Crippen LogP contribution in [0.15, 0.2) is 0 Å². The molecular weight excluding hydrogens is 168 g/mol. The van der Waals surface area contributed by atoms with Crippen LogP contribution in [0.4, 0.5) is 0 Å². The summed E-state index contributed by atoms with van der Waals surface area (Å²) in [7, 11) is 0. The van der Waals surface area contributed by atoms with E-state index in [0.717, 1.165) is 0 Å². The maximum atomic E-state index is 10.3. The highest BCUT2D eigenvalue weighted by Gasteiger charge is 2.30. The maximum Gasteiger partial charge on any atom is 0.240 e. The zero-order valence-corrected chi connectivity index (χ0v) is 6.71. The quantitative estimate of drug-likeness (QED) is 0.325. The van der Waals surface area contributed by atoms with Crippen molar-refractivity contribution in [3.8, 4) is 0 Å². The molecule has 2 N–H and O–H groups in total. The third-order valence-electron chi connectivity index (χ3n) is 1.63. The van der Waals surface area contributed by atoms with Crippen molar-refractivity contribution in [2.24, 2.45) is 0 Å². The summed E-state index contributed by atoms with van der Waals surface area (Å²) in [5, 5.41) is 19.5. The first-order valence-corrected chi connectivity index (χ1v) is 4.36. The summed E-state index contributed by atoms with van der Waals surface area (Å²) in [6.45, 7) is 0.302. The van der Waals surface area contributed by atoms with E-state index in [0.29, 0.717) is 18.7 Å². The van der Waals surface area contributed by atoms with E-state index < -0.39 is 17.1 Å². The van der Waals surface area contributed by atoms with Gasteiger partial charge in [0, 0.05) is 23.6 Å². The van der Waals surface area contributed by atoms with Crippen molar-refractivity contribution < 1.29 is 10.0 Å². The highest BCUT2D eigenvalue weighted by atomic mass is 32.2. The van der Waals surface area contributed by atoms with Crippen LogP contribution >= 0.6 is 11.9 Å². The summed E-state index contributed by atoms with van der Waals surface area (Å²) < 4.78 is 2.84. The second-order valence-corrected chi connectivity index (χ2v) is 3.39. The number of aliphatic hydroxyl groups excluding tert-OH is 1. The van der Waals surface area contributed by atoms with Gasteiger partial charge in [-0.05, 0) is 0 Å². The first-order valence-electron chi connectivity index (χ1n) is 3.38. The highest BCUT2D eigenvalue weighted by molar-refractivity contribution is 7.97. The van der Waals surface area contributed by atoms with Crippen molar-refractivity contribution >= 4 is 11.9 Å². The smallest absolute Gasteiger partial charge is 0.240 e. The Labute approximate surface area is 68.4 Å². The summed E-state index contributed by atoms with van der Waals surface area (Å²) in [5.41, 5.74) is 0. The molecule has 11 heavy (non-hydrogen) atoms. The fourth-order valence-corrected chi connectivity index (χ4v) is 1.76. The van der Waals surface area contributed by atoms with Gasteiger partial charge in [0.25, 0.3) is 0 Å². The number of nitro groups is 1. The molecule has 1 heterocycles. The molecule has 64 valence electrons. The van der Waals surface area contributed by atoms with Gasteiger partial charge in [-0.3, -0.25) is 14.8 Å².